The number of unbranched alkanes of at least 4 members (excludes halogenated alkanes) is 4. The molecule has 0 fully saturated rings. The molecule has 2 nitrogen and oxygen atoms in total. The lowest BCUT2D eigenvalue weighted by atomic mass is 9.83. The monoisotopic (exact) mass is 200 g/mol. The highest BCUT2D eigenvalue weighted by Crippen LogP contribution is 2.27. The van der Waals surface area contributed by atoms with E-state index >= 15 is 0 Å². The Hall–Kier alpha value is -0.0800. The first kappa shape index (κ1) is 13.9. The summed E-state index contributed by atoms with van der Waals surface area (Å²) in [6.07, 6.45) is 8.99. The predicted octanol–water partition coefficient (Wildman–Crippen LogP) is 2.66. The molecule has 0 unspecified atom stereocenters. The molecule has 0 saturated carbocycles. The van der Waals surface area contributed by atoms with E-state index in [0.29, 0.717) is 5.41 Å². The molecule has 0 atom stereocenters. The smallest absolute Gasteiger partial charge is 0.00722 e. The van der Waals surface area contributed by atoms with Crippen LogP contribution >= 0.6 is 0 Å². The third-order valence-electron chi connectivity index (χ3n) is 2.88. The normalized spacial score (nSPS) is 12.0. The Morgan fingerprint density at radius 3 is 1.86 bits per heavy atom. The summed E-state index contributed by atoms with van der Waals surface area (Å²) in [5.74, 6) is 0. The van der Waals surface area contributed by atoms with Gasteiger partial charge in [0.05, 0.1) is 0 Å². The van der Waals surface area contributed by atoms with E-state index in [2.05, 4.69) is 13.8 Å². The van der Waals surface area contributed by atoms with Crippen molar-refractivity contribution in [3.8, 4) is 0 Å². The second-order valence-electron chi connectivity index (χ2n) is 5.01. The standard InChI is InChI=1S/C12H28N2/c1-12(2,9-11-14)8-6-4-3-5-7-10-13/h3-11,13-14H2,1-2H3. The summed E-state index contributed by atoms with van der Waals surface area (Å²) in [6.45, 7) is 6.30. The Morgan fingerprint density at radius 2 is 1.29 bits per heavy atom. The first-order valence-corrected chi connectivity index (χ1v) is 6.02. The van der Waals surface area contributed by atoms with Crippen molar-refractivity contribution in [1.82, 2.24) is 0 Å². The van der Waals surface area contributed by atoms with E-state index in [0.717, 1.165) is 19.5 Å². The minimum Gasteiger partial charge on any atom is -0.330 e. The lowest BCUT2D eigenvalue weighted by Gasteiger charge is -2.23. The van der Waals surface area contributed by atoms with Crippen LogP contribution in [-0.4, -0.2) is 13.1 Å². The van der Waals surface area contributed by atoms with E-state index in [4.69, 9.17) is 11.5 Å². The molecule has 0 spiro atoms. The fraction of sp³-hybridized carbons (Fsp3) is 1.00. The summed E-state index contributed by atoms with van der Waals surface area (Å²) in [7, 11) is 0. The second kappa shape index (κ2) is 8.25. The molecule has 0 heterocycles. The highest BCUT2D eigenvalue weighted by atomic mass is 14.5. The molecule has 0 aliphatic heterocycles. The first-order valence-electron chi connectivity index (χ1n) is 6.02. The van der Waals surface area contributed by atoms with E-state index in [9.17, 15) is 0 Å². The fourth-order valence-corrected chi connectivity index (χ4v) is 1.79. The summed E-state index contributed by atoms with van der Waals surface area (Å²) in [4.78, 5) is 0. The zero-order chi connectivity index (χ0) is 10.9. The quantitative estimate of drug-likeness (QED) is 0.562. The van der Waals surface area contributed by atoms with Crippen LogP contribution in [0.25, 0.3) is 0 Å². The van der Waals surface area contributed by atoms with Gasteiger partial charge in [-0.3, -0.25) is 0 Å². The average Bonchev–Trinajstić information content (AvgIpc) is 2.11. The minimum absolute atomic E-state index is 0.447. The van der Waals surface area contributed by atoms with E-state index < -0.39 is 0 Å². The third-order valence-corrected chi connectivity index (χ3v) is 2.88. The van der Waals surface area contributed by atoms with Crippen molar-refractivity contribution in [3.63, 3.8) is 0 Å². The van der Waals surface area contributed by atoms with Crippen molar-refractivity contribution in [3.05, 3.63) is 0 Å². The van der Waals surface area contributed by atoms with E-state index in [1.165, 1.54) is 38.5 Å². The highest BCUT2D eigenvalue weighted by Gasteiger charge is 2.15. The second-order valence-corrected chi connectivity index (χ2v) is 5.01. The molecule has 0 radical (unpaired) electrons. The van der Waals surface area contributed by atoms with Crippen molar-refractivity contribution in [2.75, 3.05) is 13.1 Å². The van der Waals surface area contributed by atoms with Crippen LogP contribution in [0.1, 0.15) is 58.8 Å². The van der Waals surface area contributed by atoms with E-state index in [-0.39, 0.29) is 0 Å². The highest BCUT2D eigenvalue weighted by molar-refractivity contribution is 4.68. The van der Waals surface area contributed by atoms with Crippen LogP contribution in [0.2, 0.25) is 0 Å². The molecular formula is C12H28N2. The fourth-order valence-electron chi connectivity index (χ4n) is 1.79. The largest absolute Gasteiger partial charge is 0.330 e. The molecule has 0 amide bonds. The van der Waals surface area contributed by atoms with Gasteiger partial charge in [-0.05, 0) is 37.8 Å². The van der Waals surface area contributed by atoms with Crippen LogP contribution in [0.4, 0.5) is 0 Å². The number of nitrogens with two attached hydrogens (primary N) is 2. The van der Waals surface area contributed by atoms with Gasteiger partial charge in [-0.25, -0.2) is 0 Å². The van der Waals surface area contributed by atoms with Gasteiger partial charge in [0.1, 0.15) is 0 Å². The molecule has 2 heteroatoms. The maximum absolute atomic E-state index is 5.57. The summed E-state index contributed by atoms with van der Waals surface area (Å²) >= 11 is 0. The SMILES string of the molecule is CC(C)(CCN)CCCCCCCN. The van der Waals surface area contributed by atoms with Crippen LogP contribution in [-0.2, 0) is 0 Å². The van der Waals surface area contributed by atoms with Crippen LogP contribution in [0, 0.1) is 5.41 Å². The van der Waals surface area contributed by atoms with Gasteiger partial charge in [0, 0.05) is 0 Å². The zero-order valence-corrected chi connectivity index (χ0v) is 10.0. The van der Waals surface area contributed by atoms with E-state index in [1.54, 1.807) is 0 Å². The molecule has 0 aliphatic carbocycles. The lowest BCUT2D eigenvalue weighted by molar-refractivity contribution is 0.299. The van der Waals surface area contributed by atoms with Gasteiger partial charge in [0.25, 0.3) is 0 Å². The van der Waals surface area contributed by atoms with Gasteiger partial charge >= 0.3 is 0 Å². The van der Waals surface area contributed by atoms with Crippen molar-refractivity contribution in [1.29, 1.82) is 0 Å². The van der Waals surface area contributed by atoms with Gasteiger partial charge in [-0.2, -0.15) is 0 Å². The average molecular weight is 200 g/mol. The molecular weight excluding hydrogens is 172 g/mol. The Kier molecular flexibility index (Phi) is 8.20. The number of rotatable bonds is 9. The van der Waals surface area contributed by atoms with Crippen molar-refractivity contribution < 1.29 is 0 Å². The van der Waals surface area contributed by atoms with Gasteiger partial charge < -0.3 is 11.5 Å². The molecule has 14 heavy (non-hydrogen) atoms. The van der Waals surface area contributed by atoms with Gasteiger partial charge in [0.2, 0.25) is 0 Å². The molecule has 0 saturated heterocycles. The predicted molar refractivity (Wildman–Crippen MR) is 64.2 cm³/mol. The van der Waals surface area contributed by atoms with Crippen molar-refractivity contribution in [2.45, 2.75) is 58.8 Å². The van der Waals surface area contributed by atoms with E-state index in [1.807, 2.05) is 0 Å². The topological polar surface area (TPSA) is 52.0 Å². The van der Waals surface area contributed by atoms with Gasteiger partial charge in [0.15, 0.2) is 0 Å². The molecule has 0 aromatic carbocycles. The van der Waals surface area contributed by atoms with Crippen LogP contribution in [0.15, 0.2) is 0 Å². The Bertz CT molecular complexity index is 121. The lowest BCUT2D eigenvalue weighted by Crippen LogP contribution is -2.16. The Balaban J connectivity index is 3.26. The third kappa shape index (κ3) is 8.52. The van der Waals surface area contributed by atoms with Crippen LogP contribution < -0.4 is 11.5 Å². The zero-order valence-electron chi connectivity index (χ0n) is 10.0. The maximum atomic E-state index is 5.57. The minimum atomic E-state index is 0.447. The molecule has 4 N–H and O–H groups in total. The van der Waals surface area contributed by atoms with Gasteiger partial charge in [-0.1, -0.05) is 39.5 Å². The molecule has 0 aromatic rings. The number of hydrogen-bond donors (Lipinski definition) is 2. The Morgan fingerprint density at radius 1 is 0.714 bits per heavy atom. The van der Waals surface area contributed by atoms with Gasteiger partial charge in [-0.15, -0.1) is 0 Å². The van der Waals surface area contributed by atoms with Crippen molar-refractivity contribution >= 4 is 0 Å². The molecule has 0 bridgehead atoms. The summed E-state index contributed by atoms with van der Waals surface area (Å²) in [5.41, 5.74) is 11.5. The molecule has 86 valence electrons. The maximum Gasteiger partial charge on any atom is -0.00722 e. The summed E-state index contributed by atoms with van der Waals surface area (Å²) < 4.78 is 0. The number of hydrogen-bond acceptors (Lipinski definition) is 2. The molecule has 0 rings (SSSR count). The van der Waals surface area contributed by atoms with Crippen LogP contribution in [0.3, 0.4) is 0 Å². The first-order chi connectivity index (χ1) is 6.62. The van der Waals surface area contributed by atoms with Crippen molar-refractivity contribution in [2.24, 2.45) is 16.9 Å². The summed E-state index contributed by atoms with van der Waals surface area (Å²) in [6, 6.07) is 0. The molecule has 0 aromatic heterocycles. The Labute approximate surface area is 89.4 Å². The van der Waals surface area contributed by atoms with Crippen LogP contribution in [0.5, 0.6) is 0 Å². The summed E-state index contributed by atoms with van der Waals surface area (Å²) in [5, 5.41) is 0. The molecule has 0 aliphatic rings.